The molecule has 0 unspecified atom stereocenters. The summed E-state index contributed by atoms with van der Waals surface area (Å²) < 4.78 is 0. The zero-order chi connectivity index (χ0) is 21.8. The summed E-state index contributed by atoms with van der Waals surface area (Å²) in [5.74, 6) is -0.711. The largest absolute Gasteiger partial charge is 0.366 e. The standard InChI is InChI=1S/C24H19ClN4O2/c25-18-8-4-5-15(9-18)10-22(30)29-19-12-21-17(13-27-24(21)28-14-19)11-20(23(26)31)16-6-2-1-3-7-16/h1-9,11-14H,10H2,(H2,26,31)(H,27,28)(H,29,30). The third-order valence-electron chi connectivity index (χ3n) is 4.75. The molecule has 0 aliphatic carbocycles. The SMILES string of the molecule is NC(=O)C(=Cc1c[nH]c2ncc(NC(=O)Cc3cccc(Cl)c3)cc12)c1ccccc1. The molecule has 0 bridgehead atoms. The Bertz CT molecular complexity index is 1300. The molecule has 2 amide bonds. The number of fused-ring (bicyclic) bond motifs is 1. The number of amides is 2. The minimum absolute atomic E-state index is 0.182. The van der Waals surface area contributed by atoms with Gasteiger partial charge in [-0.3, -0.25) is 9.59 Å². The van der Waals surface area contributed by atoms with E-state index in [9.17, 15) is 9.59 Å². The lowest BCUT2D eigenvalue weighted by Crippen LogP contribution is -2.14. The van der Waals surface area contributed by atoms with Gasteiger partial charge < -0.3 is 16.0 Å². The van der Waals surface area contributed by atoms with Crippen LogP contribution in [0.15, 0.2) is 73.1 Å². The number of primary amides is 1. The number of rotatable bonds is 6. The van der Waals surface area contributed by atoms with Gasteiger partial charge in [0.05, 0.1) is 18.3 Å². The summed E-state index contributed by atoms with van der Waals surface area (Å²) in [5.41, 5.74) is 9.47. The molecule has 4 rings (SSSR count). The summed E-state index contributed by atoms with van der Waals surface area (Å²) in [7, 11) is 0. The van der Waals surface area contributed by atoms with E-state index in [1.165, 1.54) is 0 Å². The number of carbonyl (C=O) groups is 2. The van der Waals surface area contributed by atoms with Crippen molar-refractivity contribution in [3.63, 3.8) is 0 Å². The fourth-order valence-corrected chi connectivity index (χ4v) is 3.53. The molecule has 7 heteroatoms. The maximum absolute atomic E-state index is 12.4. The smallest absolute Gasteiger partial charge is 0.249 e. The normalized spacial score (nSPS) is 11.5. The van der Waals surface area contributed by atoms with Gasteiger partial charge in [0.15, 0.2) is 0 Å². The second kappa shape index (κ2) is 8.85. The van der Waals surface area contributed by atoms with Crippen LogP contribution in [0.2, 0.25) is 5.02 Å². The van der Waals surface area contributed by atoms with Gasteiger partial charge in [-0.15, -0.1) is 0 Å². The lowest BCUT2D eigenvalue weighted by molar-refractivity contribution is -0.115. The third kappa shape index (κ3) is 4.82. The summed E-state index contributed by atoms with van der Waals surface area (Å²) in [5, 5.41) is 4.20. The molecule has 2 heterocycles. The third-order valence-corrected chi connectivity index (χ3v) is 4.99. The summed E-state index contributed by atoms with van der Waals surface area (Å²) >= 11 is 5.98. The van der Waals surface area contributed by atoms with Gasteiger partial charge in [-0.1, -0.05) is 54.1 Å². The molecule has 0 saturated carbocycles. The molecule has 2 aromatic heterocycles. The Balaban J connectivity index is 1.61. The van der Waals surface area contributed by atoms with E-state index in [0.29, 0.717) is 21.9 Å². The van der Waals surface area contributed by atoms with Gasteiger partial charge in [0, 0.05) is 27.7 Å². The van der Waals surface area contributed by atoms with Gasteiger partial charge in [-0.05, 0) is 35.4 Å². The quantitative estimate of drug-likeness (QED) is 0.394. The van der Waals surface area contributed by atoms with E-state index in [1.54, 1.807) is 36.7 Å². The lowest BCUT2D eigenvalue weighted by Gasteiger charge is -2.06. The fraction of sp³-hybridized carbons (Fsp3) is 0.0417. The molecule has 6 nitrogen and oxygen atoms in total. The summed E-state index contributed by atoms with van der Waals surface area (Å²) in [6.07, 6.45) is 5.24. The number of H-pyrrole nitrogens is 1. The fourth-order valence-electron chi connectivity index (χ4n) is 3.32. The van der Waals surface area contributed by atoms with E-state index in [-0.39, 0.29) is 12.3 Å². The van der Waals surface area contributed by atoms with Gasteiger partial charge in [0.2, 0.25) is 11.8 Å². The average molecular weight is 431 g/mol. The van der Waals surface area contributed by atoms with Crippen LogP contribution in [0.4, 0.5) is 5.69 Å². The van der Waals surface area contributed by atoms with Gasteiger partial charge in [0.1, 0.15) is 5.65 Å². The Labute approximate surface area is 183 Å². The Morgan fingerprint density at radius 2 is 1.90 bits per heavy atom. The zero-order valence-electron chi connectivity index (χ0n) is 16.4. The first-order valence-corrected chi connectivity index (χ1v) is 9.96. The number of nitrogens with zero attached hydrogens (tertiary/aromatic N) is 1. The van der Waals surface area contributed by atoms with Crippen molar-refractivity contribution in [3.05, 3.63) is 94.8 Å². The van der Waals surface area contributed by atoms with Gasteiger partial charge in [0.25, 0.3) is 0 Å². The molecule has 154 valence electrons. The molecule has 4 aromatic rings. The van der Waals surface area contributed by atoms with E-state index in [2.05, 4.69) is 15.3 Å². The number of nitrogens with two attached hydrogens (primary N) is 1. The Hall–Kier alpha value is -3.90. The highest BCUT2D eigenvalue weighted by Crippen LogP contribution is 2.25. The van der Waals surface area contributed by atoms with Crippen LogP contribution in [0.25, 0.3) is 22.7 Å². The van der Waals surface area contributed by atoms with E-state index >= 15 is 0 Å². The average Bonchev–Trinajstić information content (AvgIpc) is 3.14. The van der Waals surface area contributed by atoms with Crippen LogP contribution < -0.4 is 11.1 Å². The van der Waals surface area contributed by atoms with Gasteiger partial charge in [-0.2, -0.15) is 0 Å². The van der Waals surface area contributed by atoms with Crippen molar-refractivity contribution in [1.82, 2.24) is 9.97 Å². The van der Waals surface area contributed by atoms with Crippen LogP contribution in [0.3, 0.4) is 0 Å². The van der Waals surface area contributed by atoms with Crippen molar-refractivity contribution >= 4 is 51.8 Å². The number of hydrogen-bond donors (Lipinski definition) is 3. The van der Waals surface area contributed by atoms with Crippen molar-refractivity contribution in [2.75, 3.05) is 5.32 Å². The minimum Gasteiger partial charge on any atom is -0.366 e. The van der Waals surface area contributed by atoms with Crippen molar-refractivity contribution in [1.29, 1.82) is 0 Å². The maximum atomic E-state index is 12.4. The Kier molecular flexibility index (Phi) is 5.82. The van der Waals surface area contributed by atoms with Crippen LogP contribution in [0.5, 0.6) is 0 Å². The monoisotopic (exact) mass is 430 g/mol. The number of nitrogens with one attached hydrogen (secondary N) is 2. The first kappa shape index (κ1) is 20.4. The summed E-state index contributed by atoms with van der Waals surface area (Å²) in [6.45, 7) is 0. The van der Waals surface area contributed by atoms with E-state index in [1.807, 2.05) is 42.5 Å². The van der Waals surface area contributed by atoms with Gasteiger partial charge >= 0.3 is 0 Å². The van der Waals surface area contributed by atoms with Crippen LogP contribution in [-0.2, 0) is 16.0 Å². The summed E-state index contributed by atoms with van der Waals surface area (Å²) in [6, 6.07) is 18.2. The van der Waals surface area contributed by atoms with Crippen LogP contribution in [0.1, 0.15) is 16.7 Å². The van der Waals surface area contributed by atoms with Crippen molar-refractivity contribution in [2.45, 2.75) is 6.42 Å². The Morgan fingerprint density at radius 1 is 1.10 bits per heavy atom. The highest BCUT2D eigenvalue weighted by Gasteiger charge is 2.12. The number of benzene rings is 2. The number of anilines is 1. The molecule has 0 fully saturated rings. The van der Waals surface area contributed by atoms with Crippen LogP contribution >= 0.6 is 11.6 Å². The number of hydrogen-bond acceptors (Lipinski definition) is 3. The molecular weight excluding hydrogens is 412 g/mol. The van der Waals surface area contributed by atoms with Crippen molar-refractivity contribution < 1.29 is 9.59 Å². The number of halogens is 1. The topological polar surface area (TPSA) is 101 Å². The number of carbonyl (C=O) groups excluding carboxylic acids is 2. The molecule has 0 atom stereocenters. The molecule has 4 N–H and O–H groups in total. The molecule has 0 aliphatic rings. The zero-order valence-corrected chi connectivity index (χ0v) is 17.2. The van der Waals surface area contributed by atoms with E-state index in [0.717, 1.165) is 22.1 Å². The summed E-state index contributed by atoms with van der Waals surface area (Å²) in [4.78, 5) is 31.9. The van der Waals surface area contributed by atoms with Crippen LogP contribution in [-0.4, -0.2) is 21.8 Å². The van der Waals surface area contributed by atoms with Crippen LogP contribution in [0, 0.1) is 0 Å². The number of pyridine rings is 1. The second-order valence-corrected chi connectivity index (χ2v) is 7.44. The highest BCUT2D eigenvalue weighted by molar-refractivity contribution is 6.30. The Morgan fingerprint density at radius 3 is 2.65 bits per heavy atom. The van der Waals surface area contributed by atoms with Crippen molar-refractivity contribution in [2.24, 2.45) is 5.73 Å². The predicted octanol–water partition coefficient (Wildman–Crippen LogP) is 4.42. The number of aromatic nitrogens is 2. The lowest BCUT2D eigenvalue weighted by atomic mass is 10.0. The minimum atomic E-state index is -0.528. The number of aromatic amines is 1. The molecular formula is C24H19ClN4O2. The molecule has 2 aromatic carbocycles. The maximum Gasteiger partial charge on any atom is 0.249 e. The first-order valence-electron chi connectivity index (χ1n) is 9.58. The first-order chi connectivity index (χ1) is 15.0. The molecule has 0 radical (unpaired) electrons. The predicted molar refractivity (Wildman–Crippen MR) is 123 cm³/mol. The van der Waals surface area contributed by atoms with E-state index < -0.39 is 5.91 Å². The molecule has 31 heavy (non-hydrogen) atoms. The van der Waals surface area contributed by atoms with E-state index in [4.69, 9.17) is 17.3 Å². The van der Waals surface area contributed by atoms with Crippen molar-refractivity contribution in [3.8, 4) is 0 Å². The second-order valence-electron chi connectivity index (χ2n) is 7.01. The molecule has 0 spiro atoms. The molecule has 0 saturated heterocycles. The highest BCUT2D eigenvalue weighted by atomic mass is 35.5. The molecule has 0 aliphatic heterocycles. The van der Waals surface area contributed by atoms with Gasteiger partial charge in [-0.25, -0.2) is 4.98 Å².